The molecule has 3 heterocycles. The SMILES string of the molecule is Cc1cc(C)n(-c2nnc(SC(C)C(=O)Nc3ccc4c(c3)OCCO4)n2N)n1. The van der Waals surface area contributed by atoms with Gasteiger partial charge in [-0.05, 0) is 39.0 Å². The molecule has 1 amide bonds. The molecule has 10 nitrogen and oxygen atoms in total. The molecule has 2 aromatic heterocycles. The Morgan fingerprint density at radius 2 is 1.97 bits per heavy atom. The Balaban J connectivity index is 1.45. The maximum absolute atomic E-state index is 12.6. The van der Waals surface area contributed by atoms with E-state index in [1.54, 1.807) is 29.8 Å². The van der Waals surface area contributed by atoms with E-state index >= 15 is 0 Å². The van der Waals surface area contributed by atoms with Crippen LogP contribution in [0.15, 0.2) is 29.4 Å². The Morgan fingerprint density at radius 1 is 1.21 bits per heavy atom. The van der Waals surface area contributed by atoms with Crippen LogP contribution in [-0.2, 0) is 4.79 Å². The fraction of sp³-hybridized carbons (Fsp3) is 0.333. The minimum Gasteiger partial charge on any atom is -0.486 e. The summed E-state index contributed by atoms with van der Waals surface area (Å²) in [5, 5.41) is 15.4. The number of nitrogens with one attached hydrogen (secondary N) is 1. The lowest BCUT2D eigenvalue weighted by molar-refractivity contribution is -0.115. The highest BCUT2D eigenvalue weighted by Gasteiger charge is 2.22. The molecule has 4 rings (SSSR count). The van der Waals surface area contributed by atoms with Crippen LogP contribution in [0.4, 0.5) is 5.69 Å². The van der Waals surface area contributed by atoms with Crippen molar-refractivity contribution in [3.63, 3.8) is 0 Å². The summed E-state index contributed by atoms with van der Waals surface area (Å²) in [5.41, 5.74) is 2.37. The zero-order chi connectivity index (χ0) is 20.5. The van der Waals surface area contributed by atoms with Crippen LogP contribution in [0.2, 0.25) is 0 Å². The largest absolute Gasteiger partial charge is 0.486 e. The number of hydrogen-bond donors (Lipinski definition) is 2. The number of nitrogen functional groups attached to an aromatic ring is 1. The monoisotopic (exact) mass is 415 g/mol. The first-order valence-electron chi connectivity index (χ1n) is 9.03. The van der Waals surface area contributed by atoms with Crippen LogP contribution < -0.4 is 20.6 Å². The number of nitrogens with zero attached hydrogens (tertiary/aromatic N) is 5. The van der Waals surface area contributed by atoms with E-state index < -0.39 is 5.25 Å². The molecule has 3 N–H and O–H groups in total. The summed E-state index contributed by atoms with van der Waals surface area (Å²) in [6.45, 7) is 6.58. The van der Waals surface area contributed by atoms with Crippen molar-refractivity contribution in [2.45, 2.75) is 31.2 Å². The van der Waals surface area contributed by atoms with Crippen molar-refractivity contribution in [1.82, 2.24) is 24.7 Å². The van der Waals surface area contributed by atoms with Gasteiger partial charge >= 0.3 is 0 Å². The molecule has 11 heteroatoms. The number of thioether (sulfide) groups is 1. The van der Waals surface area contributed by atoms with Crippen LogP contribution >= 0.6 is 11.8 Å². The molecular formula is C18H21N7O3S. The third kappa shape index (κ3) is 3.86. The minimum absolute atomic E-state index is 0.192. The predicted molar refractivity (Wildman–Crippen MR) is 108 cm³/mol. The lowest BCUT2D eigenvalue weighted by atomic mass is 10.2. The normalized spacial score (nSPS) is 13.9. The van der Waals surface area contributed by atoms with E-state index in [9.17, 15) is 4.79 Å². The average molecular weight is 415 g/mol. The highest BCUT2D eigenvalue weighted by Crippen LogP contribution is 2.33. The molecule has 0 fully saturated rings. The van der Waals surface area contributed by atoms with Crippen molar-refractivity contribution in [3.05, 3.63) is 35.7 Å². The van der Waals surface area contributed by atoms with E-state index in [0.717, 1.165) is 11.4 Å². The van der Waals surface area contributed by atoms with Crippen LogP contribution in [0.25, 0.3) is 5.95 Å². The third-order valence-corrected chi connectivity index (χ3v) is 5.36. The van der Waals surface area contributed by atoms with Crippen molar-refractivity contribution < 1.29 is 14.3 Å². The molecule has 0 spiro atoms. The Bertz CT molecular complexity index is 1060. The fourth-order valence-electron chi connectivity index (χ4n) is 2.90. The Hall–Kier alpha value is -3.21. The first-order chi connectivity index (χ1) is 13.9. The van der Waals surface area contributed by atoms with Gasteiger partial charge in [0.25, 0.3) is 5.95 Å². The lowest BCUT2D eigenvalue weighted by Gasteiger charge is -2.19. The van der Waals surface area contributed by atoms with Gasteiger partial charge in [-0.2, -0.15) is 5.10 Å². The number of hydrogen-bond acceptors (Lipinski definition) is 8. The summed E-state index contributed by atoms with van der Waals surface area (Å²) in [6.07, 6.45) is 0. The van der Waals surface area contributed by atoms with Crippen molar-refractivity contribution in [1.29, 1.82) is 0 Å². The Labute approximate surface area is 171 Å². The molecule has 1 atom stereocenters. The molecule has 0 saturated heterocycles. The number of carbonyl (C=O) groups is 1. The quantitative estimate of drug-likeness (QED) is 0.477. The van der Waals surface area contributed by atoms with Crippen molar-refractivity contribution in [2.24, 2.45) is 0 Å². The van der Waals surface area contributed by atoms with Gasteiger partial charge in [-0.25, -0.2) is 9.36 Å². The van der Waals surface area contributed by atoms with E-state index in [0.29, 0.717) is 41.5 Å². The summed E-state index contributed by atoms with van der Waals surface area (Å²) < 4.78 is 14.0. The van der Waals surface area contributed by atoms with Gasteiger partial charge in [-0.3, -0.25) is 4.79 Å². The molecule has 1 unspecified atom stereocenters. The molecule has 1 aliphatic heterocycles. The number of nitrogens with two attached hydrogens (primary N) is 1. The van der Waals surface area contributed by atoms with E-state index in [-0.39, 0.29) is 5.91 Å². The number of carbonyl (C=O) groups excluding carboxylic acids is 1. The number of amides is 1. The summed E-state index contributed by atoms with van der Waals surface area (Å²) in [7, 11) is 0. The van der Waals surface area contributed by atoms with Gasteiger partial charge in [0.1, 0.15) is 13.2 Å². The topological polar surface area (TPSA) is 122 Å². The first-order valence-corrected chi connectivity index (χ1v) is 9.91. The molecular weight excluding hydrogens is 394 g/mol. The molecule has 0 aliphatic carbocycles. The van der Waals surface area contributed by atoms with E-state index in [1.165, 1.54) is 16.4 Å². The van der Waals surface area contributed by atoms with Gasteiger partial charge < -0.3 is 20.6 Å². The smallest absolute Gasteiger partial charge is 0.271 e. The average Bonchev–Trinajstić information content (AvgIpc) is 3.22. The second kappa shape index (κ2) is 7.66. The van der Waals surface area contributed by atoms with Crippen LogP contribution in [0.3, 0.4) is 0 Å². The number of benzene rings is 1. The van der Waals surface area contributed by atoms with Crippen LogP contribution in [0.1, 0.15) is 18.3 Å². The summed E-state index contributed by atoms with van der Waals surface area (Å²) in [6, 6.07) is 7.22. The molecule has 3 aromatic rings. The molecule has 152 valence electrons. The van der Waals surface area contributed by atoms with Crippen molar-refractivity contribution >= 4 is 23.4 Å². The number of ether oxygens (including phenoxy) is 2. The maximum atomic E-state index is 12.6. The zero-order valence-corrected chi connectivity index (χ0v) is 17.1. The number of anilines is 1. The Morgan fingerprint density at radius 3 is 2.69 bits per heavy atom. The first kappa shape index (κ1) is 19.1. The highest BCUT2D eigenvalue weighted by atomic mass is 32.2. The van der Waals surface area contributed by atoms with E-state index in [1.807, 2.05) is 19.9 Å². The van der Waals surface area contributed by atoms with Crippen molar-refractivity contribution in [2.75, 3.05) is 24.4 Å². The molecule has 0 saturated carbocycles. The zero-order valence-electron chi connectivity index (χ0n) is 16.2. The Kier molecular flexibility index (Phi) is 5.05. The van der Waals surface area contributed by atoms with Crippen LogP contribution in [0.5, 0.6) is 11.5 Å². The van der Waals surface area contributed by atoms with Gasteiger partial charge in [0, 0.05) is 17.4 Å². The lowest BCUT2D eigenvalue weighted by Crippen LogP contribution is -2.24. The van der Waals surface area contributed by atoms with Crippen LogP contribution in [0, 0.1) is 13.8 Å². The van der Waals surface area contributed by atoms with Gasteiger partial charge in [-0.15, -0.1) is 10.2 Å². The van der Waals surface area contributed by atoms with E-state index in [2.05, 4.69) is 20.6 Å². The summed E-state index contributed by atoms with van der Waals surface area (Å²) in [4.78, 5) is 12.6. The molecule has 29 heavy (non-hydrogen) atoms. The number of fused-ring (bicyclic) bond motifs is 1. The molecule has 0 bridgehead atoms. The summed E-state index contributed by atoms with van der Waals surface area (Å²) in [5.74, 6) is 7.62. The molecule has 0 radical (unpaired) electrons. The standard InChI is InChI=1S/C18H21N7O3S/c1-10-8-11(2)25(23-10)17-21-22-18(24(17)19)29-12(3)16(26)20-13-4-5-14-15(9-13)28-7-6-27-14/h4-5,8-9,12H,6-7,19H2,1-3H3,(H,20,26). The molecule has 1 aliphatic rings. The maximum Gasteiger partial charge on any atom is 0.271 e. The second-order valence-electron chi connectivity index (χ2n) is 6.60. The third-order valence-electron chi connectivity index (χ3n) is 4.31. The minimum atomic E-state index is -0.456. The van der Waals surface area contributed by atoms with Gasteiger partial charge in [-0.1, -0.05) is 11.8 Å². The van der Waals surface area contributed by atoms with Gasteiger partial charge in [0.2, 0.25) is 11.1 Å². The second-order valence-corrected chi connectivity index (χ2v) is 7.91. The predicted octanol–water partition coefficient (Wildman–Crippen LogP) is 1.68. The summed E-state index contributed by atoms with van der Waals surface area (Å²) >= 11 is 1.21. The molecule has 1 aromatic carbocycles. The number of aryl methyl sites for hydroxylation is 2. The van der Waals surface area contributed by atoms with Gasteiger partial charge in [0.05, 0.1) is 10.9 Å². The van der Waals surface area contributed by atoms with Crippen LogP contribution in [-0.4, -0.2) is 49.0 Å². The van der Waals surface area contributed by atoms with E-state index in [4.69, 9.17) is 15.3 Å². The fourth-order valence-corrected chi connectivity index (χ4v) is 3.67. The number of aromatic nitrogens is 5. The van der Waals surface area contributed by atoms with Gasteiger partial charge in [0.15, 0.2) is 11.5 Å². The van der Waals surface area contributed by atoms with Crippen molar-refractivity contribution in [3.8, 4) is 17.4 Å². The highest BCUT2D eigenvalue weighted by molar-refractivity contribution is 8.00. The number of rotatable bonds is 5.